The molecule has 2 aliphatic heterocycles. The summed E-state index contributed by atoms with van der Waals surface area (Å²) in [6.07, 6.45) is 2.69. The lowest BCUT2D eigenvalue weighted by molar-refractivity contribution is -0.119. The minimum atomic E-state index is -0.578. The van der Waals surface area contributed by atoms with Crippen LogP contribution in [-0.4, -0.2) is 55.3 Å². The van der Waals surface area contributed by atoms with Crippen molar-refractivity contribution in [3.63, 3.8) is 0 Å². The largest absolute Gasteiger partial charge is 0.495 e. The topological polar surface area (TPSA) is 62.3 Å². The van der Waals surface area contributed by atoms with Gasteiger partial charge in [0.2, 0.25) is 5.91 Å². The Morgan fingerprint density at radius 2 is 1.81 bits per heavy atom. The van der Waals surface area contributed by atoms with Crippen LogP contribution in [0.3, 0.4) is 0 Å². The lowest BCUT2D eigenvalue weighted by atomic mass is 9.89. The normalized spacial score (nSPS) is 20.1. The van der Waals surface area contributed by atoms with Crippen molar-refractivity contribution in [2.24, 2.45) is 0 Å². The quantitative estimate of drug-likeness (QED) is 0.500. The zero-order valence-electron chi connectivity index (χ0n) is 23.3. The highest BCUT2D eigenvalue weighted by molar-refractivity contribution is 5.98. The second kappa shape index (κ2) is 10.6. The van der Waals surface area contributed by atoms with E-state index >= 15 is 0 Å². The van der Waals surface area contributed by atoms with Gasteiger partial charge in [0.05, 0.1) is 24.9 Å². The first-order valence-corrected chi connectivity index (χ1v) is 13.3. The predicted octanol–water partition coefficient (Wildman–Crippen LogP) is 5.96. The SMILES string of the molecule is COc1cc2c(cc1N(C)[C@H]1CCCN(C(=O)OC(C)(C)C)[C@H]1c1ccccc1)N(C(C)C)C(=O)CC2. The highest BCUT2D eigenvalue weighted by Crippen LogP contribution is 2.43. The Morgan fingerprint density at radius 1 is 1.11 bits per heavy atom. The molecule has 2 aromatic carbocycles. The van der Waals surface area contributed by atoms with Gasteiger partial charge < -0.3 is 19.3 Å². The van der Waals surface area contributed by atoms with Crippen LogP contribution in [0.2, 0.25) is 0 Å². The van der Waals surface area contributed by atoms with Crippen molar-refractivity contribution in [1.29, 1.82) is 0 Å². The third kappa shape index (κ3) is 5.55. The van der Waals surface area contributed by atoms with Gasteiger partial charge in [0.25, 0.3) is 0 Å². The van der Waals surface area contributed by atoms with E-state index < -0.39 is 5.60 Å². The molecule has 4 rings (SSSR count). The zero-order valence-corrected chi connectivity index (χ0v) is 23.3. The van der Waals surface area contributed by atoms with Crippen LogP contribution in [0.5, 0.6) is 5.75 Å². The average molecular weight is 508 g/mol. The Hall–Kier alpha value is -3.22. The van der Waals surface area contributed by atoms with Gasteiger partial charge in [0.15, 0.2) is 0 Å². The molecule has 2 aliphatic rings. The summed E-state index contributed by atoms with van der Waals surface area (Å²) >= 11 is 0. The first kappa shape index (κ1) is 26.8. The van der Waals surface area contributed by atoms with E-state index in [0.29, 0.717) is 19.4 Å². The fraction of sp³-hybridized carbons (Fsp3) is 0.533. The molecule has 0 radical (unpaired) electrons. The maximum atomic E-state index is 13.4. The molecule has 7 heteroatoms. The summed E-state index contributed by atoms with van der Waals surface area (Å²) in [4.78, 5) is 32.2. The maximum absolute atomic E-state index is 13.4. The monoisotopic (exact) mass is 507 g/mol. The smallest absolute Gasteiger partial charge is 0.410 e. The molecule has 37 heavy (non-hydrogen) atoms. The lowest BCUT2D eigenvalue weighted by Crippen LogP contribution is -2.52. The summed E-state index contributed by atoms with van der Waals surface area (Å²) in [5.41, 5.74) is 3.48. The van der Waals surface area contributed by atoms with E-state index in [9.17, 15) is 9.59 Å². The minimum Gasteiger partial charge on any atom is -0.495 e. The molecule has 1 saturated heterocycles. The van der Waals surface area contributed by atoms with E-state index in [1.807, 2.05) is 62.6 Å². The van der Waals surface area contributed by atoms with Gasteiger partial charge in [-0.2, -0.15) is 0 Å². The number of amides is 2. The summed E-state index contributed by atoms with van der Waals surface area (Å²) in [6.45, 7) is 10.4. The van der Waals surface area contributed by atoms with Crippen LogP contribution < -0.4 is 14.5 Å². The summed E-state index contributed by atoms with van der Waals surface area (Å²) in [5, 5.41) is 0. The Morgan fingerprint density at radius 3 is 2.43 bits per heavy atom. The van der Waals surface area contributed by atoms with Crippen molar-refractivity contribution in [1.82, 2.24) is 4.90 Å². The second-order valence-corrected chi connectivity index (χ2v) is 11.4. The first-order valence-electron chi connectivity index (χ1n) is 13.3. The Kier molecular flexibility index (Phi) is 7.72. The molecule has 2 atom stereocenters. The third-order valence-corrected chi connectivity index (χ3v) is 7.28. The minimum absolute atomic E-state index is 0.0117. The van der Waals surface area contributed by atoms with Gasteiger partial charge in [-0.1, -0.05) is 30.3 Å². The van der Waals surface area contributed by atoms with Crippen molar-refractivity contribution in [3.05, 3.63) is 53.6 Å². The molecule has 0 aliphatic carbocycles. The fourth-order valence-corrected chi connectivity index (χ4v) is 5.66. The Balaban J connectivity index is 1.78. The summed E-state index contributed by atoms with van der Waals surface area (Å²) in [7, 11) is 3.75. The number of hydrogen-bond acceptors (Lipinski definition) is 5. The average Bonchev–Trinajstić information content (AvgIpc) is 2.86. The number of piperidine rings is 1. The number of carbonyl (C=O) groups excluding carboxylic acids is 2. The molecule has 2 heterocycles. The van der Waals surface area contributed by atoms with E-state index in [1.165, 1.54) is 0 Å². The van der Waals surface area contributed by atoms with Gasteiger partial charge in [-0.3, -0.25) is 9.69 Å². The highest BCUT2D eigenvalue weighted by atomic mass is 16.6. The second-order valence-electron chi connectivity index (χ2n) is 11.4. The van der Waals surface area contributed by atoms with Crippen LogP contribution >= 0.6 is 0 Å². The van der Waals surface area contributed by atoms with Crippen molar-refractivity contribution < 1.29 is 19.1 Å². The molecule has 0 spiro atoms. The number of rotatable bonds is 5. The molecule has 200 valence electrons. The van der Waals surface area contributed by atoms with E-state index in [-0.39, 0.29) is 30.1 Å². The van der Waals surface area contributed by atoms with Crippen LogP contribution in [0.1, 0.15) is 71.0 Å². The maximum Gasteiger partial charge on any atom is 0.410 e. The lowest BCUT2D eigenvalue weighted by Gasteiger charge is -2.46. The number of likely N-dealkylation sites (tertiary alicyclic amines) is 1. The van der Waals surface area contributed by atoms with Crippen molar-refractivity contribution in [3.8, 4) is 5.75 Å². The summed E-state index contributed by atoms with van der Waals surface area (Å²) in [6, 6.07) is 14.2. The third-order valence-electron chi connectivity index (χ3n) is 7.28. The molecule has 1 fully saturated rings. The number of anilines is 2. The number of hydrogen-bond donors (Lipinski definition) is 0. The molecule has 7 nitrogen and oxygen atoms in total. The number of methoxy groups -OCH3 is 1. The van der Waals surface area contributed by atoms with Crippen LogP contribution in [0, 0.1) is 0 Å². The number of ether oxygens (including phenoxy) is 2. The Bertz CT molecular complexity index is 1130. The van der Waals surface area contributed by atoms with E-state index in [4.69, 9.17) is 9.47 Å². The van der Waals surface area contributed by atoms with Crippen LogP contribution in [0.25, 0.3) is 0 Å². The van der Waals surface area contributed by atoms with Crippen LogP contribution in [0.15, 0.2) is 42.5 Å². The molecule has 0 N–H and O–H groups in total. The summed E-state index contributed by atoms with van der Waals surface area (Å²) < 4.78 is 11.7. The molecular formula is C30H41N3O4. The van der Waals surface area contributed by atoms with Crippen molar-refractivity contribution in [2.75, 3.05) is 30.5 Å². The van der Waals surface area contributed by atoms with Gasteiger partial charge in [-0.15, -0.1) is 0 Å². The van der Waals surface area contributed by atoms with E-state index in [0.717, 1.165) is 41.1 Å². The van der Waals surface area contributed by atoms with Crippen molar-refractivity contribution >= 4 is 23.4 Å². The van der Waals surface area contributed by atoms with Crippen molar-refractivity contribution in [2.45, 2.75) is 84.0 Å². The fourth-order valence-electron chi connectivity index (χ4n) is 5.66. The standard InChI is InChI=1S/C30H41N3O4/c1-20(2)33-24-19-25(26(36-7)18-22(24)15-16-27(33)34)31(6)23-14-11-17-32(29(35)37-30(3,4)5)28(23)21-12-9-8-10-13-21/h8-10,12-13,18-20,23,28H,11,14-17H2,1-7H3/t23-,28-/m0/s1. The van der Waals surface area contributed by atoms with Gasteiger partial charge in [0.1, 0.15) is 11.4 Å². The predicted molar refractivity (Wildman–Crippen MR) is 147 cm³/mol. The van der Waals surface area contributed by atoms with E-state index in [1.54, 1.807) is 7.11 Å². The molecule has 0 unspecified atom stereocenters. The molecule has 0 saturated carbocycles. The number of fused-ring (bicyclic) bond motifs is 1. The molecule has 0 aromatic heterocycles. The molecule has 2 aromatic rings. The molecule has 2 amide bonds. The van der Waals surface area contributed by atoms with Gasteiger partial charge >= 0.3 is 6.09 Å². The Labute approximate surface area is 221 Å². The molecule has 0 bridgehead atoms. The van der Waals surface area contributed by atoms with Crippen LogP contribution in [-0.2, 0) is 16.0 Å². The van der Waals surface area contributed by atoms with Gasteiger partial charge in [-0.05, 0) is 77.1 Å². The first-order chi connectivity index (χ1) is 17.5. The zero-order chi connectivity index (χ0) is 26.9. The van der Waals surface area contributed by atoms with Gasteiger partial charge in [-0.25, -0.2) is 4.79 Å². The van der Waals surface area contributed by atoms with Crippen LogP contribution in [0.4, 0.5) is 16.2 Å². The number of likely N-dealkylation sites (N-methyl/N-ethyl adjacent to an activating group) is 1. The van der Waals surface area contributed by atoms with Gasteiger partial charge in [0, 0.05) is 31.7 Å². The summed E-state index contributed by atoms with van der Waals surface area (Å²) in [5.74, 6) is 0.928. The highest BCUT2D eigenvalue weighted by Gasteiger charge is 2.40. The van der Waals surface area contributed by atoms with E-state index in [2.05, 4.69) is 36.2 Å². The number of benzene rings is 2. The number of aryl methyl sites for hydroxylation is 1. The number of carbonyl (C=O) groups is 2. The molecular weight excluding hydrogens is 466 g/mol. The number of nitrogens with zero attached hydrogens (tertiary/aromatic N) is 3.